The van der Waals surface area contributed by atoms with Crippen LogP contribution in [0.25, 0.3) is 0 Å². The van der Waals surface area contributed by atoms with Gasteiger partial charge in [0.15, 0.2) is 17.4 Å². The third-order valence-electron chi connectivity index (χ3n) is 0. The molecule has 0 unspecified atom stereocenters. The molecule has 0 saturated carbocycles. The third-order valence-corrected chi connectivity index (χ3v) is 0. The minimum absolute atomic E-state index is 0. The average molecular weight is 303 g/mol. The summed E-state index contributed by atoms with van der Waals surface area (Å²) in [7, 11) is 0. The molecule has 0 aromatic heterocycles. The van der Waals surface area contributed by atoms with Crippen LogP contribution >= 0.6 is 6.23 Å². The molecule has 44 valence electrons. The van der Waals surface area contributed by atoms with Crippen molar-refractivity contribution in [1.29, 1.82) is 0 Å². The van der Waals surface area contributed by atoms with Gasteiger partial charge in [-0.15, -0.1) is 0 Å². The summed E-state index contributed by atoms with van der Waals surface area (Å²) in [5.74, 6) is 0. The van der Waals surface area contributed by atoms with Crippen molar-refractivity contribution < 1.29 is 14.7 Å². The van der Waals surface area contributed by atoms with Crippen molar-refractivity contribution in [2.75, 3.05) is 0 Å². The second-order valence-electron chi connectivity index (χ2n) is 0.971. The molecule has 0 amide bonds. The summed E-state index contributed by atoms with van der Waals surface area (Å²) in [4.78, 5) is 23.6. The van der Waals surface area contributed by atoms with Crippen LogP contribution in [0, 0.1) is 0 Å². The Kier molecular flexibility index (Phi) is 14.9. The summed E-state index contributed by atoms with van der Waals surface area (Å²) in [5, 5.41) is 0. The van der Waals surface area contributed by atoms with E-state index in [-0.39, 0.29) is 61.3 Å². The summed E-state index contributed by atoms with van der Waals surface area (Å²) >= 11 is -0.194. The second kappa shape index (κ2) is 6.47. The Bertz CT molecular complexity index is 30.4. The molecule has 0 saturated heterocycles. The van der Waals surface area contributed by atoms with Crippen LogP contribution in [0.4, 0.5) is 0 Å². The second-order valence-corrected chi connectivity index (χ2v) is 11.4. The standard InChI is InChI=1S/Al.Ga.In.H4O3P.8H/c;;;1-4(2)3;;;;;;;;/h;;;1-4H;;;;;;;;/q;-1;;+1;;;;;;;;. The van der Waals surface area contributed by atoms with Crippen LogP contribution in [0.1, 0.15) is 0 Å². The molecule has 0 aromatic rings. The van der Waals surface area contributed by atoms with E-state index in [4.69, 9.17) is 14.7 Å². The quantitative estimate of drug-likeness (QED) is 0.313. The monoisotopic (exact) mass is 302 g/mol. The predicted molar refractivity (Wildman–Crippen MR) is 43.4 cm³/mol. The Hall–Kier alpha value is 2.35. The Labute approximate surface area is 81.4 Å². The van der Waals surface area contributed by atoms with Crippen LogP contribution in [0.3, 0.4) is 0 Å². The fourth-order valence-corrected chi connectivity index (χ4v) is 0. The van der Waals surface area contributed by atoms with Crippen molar-refractivity contribution >= 4 is 67.5 Å². The van der Waals surface area contributed by atoms with E-state index >= 15 is 0 Å². The maximum atomic E-state index is 7.85. The van der Waals surface area contributed by atoms with Crippen molar-refractivity contribution in [2.24, 2.45) is 0 Å². The summed E-state index contributed by atoms with van der Waals surface area (Å²) in [5.41, 5.74) is 0. The van der Waals surface area contributed by atoms with Crippen molar-refractivity contribution in [3.8, 4) is 0 Å². The van der Waals surface area contributed by atoms with E-state index in [0.717, 1.165) is 0 Å². The molecule has 7 heavy (non-hydrogen) atoms. The van der Waals surface area contributed by atoms with E-state index in [2.05, 4.69) is 0 Å². The molecule has 0 aromatic carbocycles. The van der Waals surface area contributed by atoms with Gasteiger partial charge in [-0.05, 0) is 0 Å². The molecule has 3 nitrogen and oxygen atoms in total. The predicted octanol–water partition coefficient (Wildman–Crippen LogP) is -4.36. The zero-order valence-electron chi connectivity index (χ0n) is 2.84. The fraction of sp³-hybridized carbons (Fsp3) is 0. The van der Waals surface area contributed by atoms with Gasteiger partial charge in [-0.2, -0.15) is 0 Å². The molecule has 3 N–H and O–H groups in total. The summed E-state index contributed by atoms with van der Waals surface area (Å²) in [6.07, 6.45) is -3.42. The first kappa shape index (κ1) is 16.2. The first-order valence-corrected chi connectivity index (χ1v) is 9.81. The van der Waals surface area contributed by atoms with Crippen molar-refractivity contribution in [1.82, 2.24) is 0 Å². The molecule has 0 aliphatic carbocycles. The Balaban J connectivity index is -0.0000000800. The zero-order chi connectivity index (χ0) is 4.50. The van der Waals surface area contributed by atoms with Gasteiger partial charge in [-0.3, -0.25) is 0 Å². The Morgan fingerprint density at radius 2 is 1.14 bits per heavy atom. The van der Waals surface area contributed by atoms with Crippen LogP contribution in [0.5, 0.6) is 0 Å². The Morgan fingerprint density at radius 1 is 1.14 bits per heavy atom. The van der Waals surface area contributed by atoms with Crippen LogP contribution in [0.2, 0.25) is 0 Å². The number of rotatable bonds is 0. The molecule has 0 aliphatic rings. The van der Waals surface area contributed by atoms with Crippen LogP contribution in [0.15, 0.2) is 0 Å². The minimum atomic E-state index is -3.42. The summed E-state index contributed by atoms with van der Waals surface area (Å²) < 4.78 is 0. The summed E-state index contributed by atoms with van der Waals surface area (Å²) in [6, 6.07) is 0. The SMILES string of the molecule is O[PH](O)(O)[GaH2].[AlH3].[InH3]. The first-order valence-electron chi connectivity index (χ1n) is 1.17. The molecule has 0 bridgehead atoms. The van der Waals surface area contributed by atoms with Gasteiger partial charge in [0.25, 0.3) is 0 Å². The van der Waals surface area contributed by atoms with Crippen LogP contribution < -0.4 is 0 Å². The maximum absolute atomic E-state index is 7.85. The van der Waals surface area contributed by atoms with Gasteiger partial charge >= 0.3 is 64.9 Å². The van der Waals surface area contributed by atoms with E-state index in [1.54, 1.807) is 0 Å². The average Bonchev–Trinajstić information content (AvgIpc) is 0.722. The Morgan fingerprint density at radius 3 is 1.14 bits per heavy atom. The van der Waals surface area contributed by atoms with E-state index in [9.17, 15) is 0 Å². The molecule has 0 radical (unpaired) electrons. The molecule has 0 rings (SSSR count). The zero-order valence-corrected chi connectivity index (χ0v) is 8.04. The van der Waals surface area contributed by atoms with Gasteiger partial charge in [0, 0.05) is 0 Å². The van der Waals surface area contributed by atoms with Gasteiger partial charge in [0.1, 0.15) is 0 Å². The molecule has 7 heteroatoms. The topological polar surface area (TPSA) is 60.7 Å². The number of hydrogen-bond acceptors (Lipinski definition) is 3. The summed E-state index contributed by atoms with van der Waals surface area (Å²) in [6.45, 7) is 0. The van der Waals surface area contributed by atoms with Crippen molar-refractivity contribution in [3.05, 3.63) is 0 Å². The van der Waals surface area contributed by atoms with Gasteiger partial charge in [0.05, 0.1) is 0 Å². The molecule has 0 spiro atoms. The molecule has 0 aliphatic heterocycles. The molecule has 0 heterocycles. The van der Waals surface area contributed by atoms with Crippen LogP contribution in [-0.2, 0) is 0 Å². The molecule has 0 atom stereocenters. The molecular weight excluding hydrogens is 290 g/mol. The van der Waals surface area contributed by atoms with E-state index < -0.39 is 6.23 Å². The van der Waals surface area contributed by atoms with Crippen LogP contribution in [-0.4, -0.2) is 76.0 Å². The fourth-order valence-electron chi connectivity index (χ4n) is 0. The van der Waals surface area contributed by atoms with Gasteiger partial charge in [0.2, 0.25) is 0 Å². The van der Waals surface area contributed by atoms with Gasteiger partial charge < -0.3 is 0 Å². The van der Waals surface area contributed by atoms with E-state index in [0.29, 0.717) is 0 Å². The van der Waals surface area contributed by atoms with Gasteiger partial charge in [-0.25, -0.2) is 0 Å². The van der Waals surface area contributed by atoms with Gasteiger partial charge in [-0.1, -0.05) is 0 Å². The molecule has 0 fully saturated rings. The number of hydrogen-bond donors (Lipinski definition) is 3. The first-order chi connectivity index (χ1) is 2.00. The van der Waals surface area contributed by atoms with Crippen molar-refractivity contribution in [3.63, 3.8) is 0 Å². The normalized spacial score (nSPS) is 10.7. The van der Waals surface area contributed by atoms with E-state index in [1.807, 2.05) is 0 Å². The third kappa shape index (κ3) is 61.0. The van der Waals surface area contributed by atoms with Crippen molar-refractivity contribution in [2.45, 2.75) is 0 Å². The molecular formula is H12AlGaInO3P. The van der Waals surface area contributed by atoms with E-state index in [1.165, 1.54) is 0 Å².